The van der Waals surface area contributed by atoms with E-state index in [1.54, 1.807) is 0 Å². The van der Waals surface area contributed by atoms with E-state index < -0.39 is 36.8 Å². The van der Waals surface area contributed by atoms with Gasteiger partial charge in [-0.3, -0.25) is 4.52 Å². The second kappa shape index (κ2) is 7.20. The van der Waals surface area contributed by atoms with Crippen molar-refractivity contribution in [1.82, 2.24) is 0 Å². The van der Waals surface area contributed by atoms with Crippen molar-refractivity contribution in [2.24, 2.45) is 0 Å². The average Bonchev–Trinajstić information content (AvgIpc) is 1.68. The topological polar surface area (TPSA) is 191 Å². The summed E-state index contributed by atoms with van der Waals surface area (Å²) >= 11 is -5.12. The molecule has 0 aliphatic rings. The van der Waals surface area contributed by atoms with Gasteiger partial charge in [-0.25, -0.2) is 9.13 Å². The average molecular weight is 338 g/mol. The first-order chi connectivity index (χ1) is 7.12. The van der Waals surface area contributed by atoms with Crippen LogP contribution in [0.4, 0.5) is 0 Å². The maximum absolute atomic E-state index is 10.7. The van der Waals surface area contributed by atoms with Gasteiger partial charge in [0.1, 0.15) is 0 Å². The molecule has 0 aliphatic heterocycles. The molecule has 0 aromatic heterocycles. The SMILES string of the molecule is CC(C)OP(=O)(O)OP(=O)(O)O.[O]=[V]([OH])([OH])[OH]. The van der Waals surface area contributed by atoms with Crippen LogP contribution in [-0.4, -0.2) is 32.9 Å². The van der Waals surface area contributed by atoms with Gasteiger partial charge in [0.2, 0.25) is 0 Å². The third-order valence-corrected chi connectivity index (χ3v) is 2.92. The molecule has 0 bridgehead atoms. The predicted molar refractivity (Wildman–Crippen MR) is 46.5 cm³/mol. The minimum absolute atomic E-state index is 0.660. The Hall–Kier alpha value is 0.524. The molecule has 0 aromatic rings. The van der Waals surface area contributed by atoms with Crippen LogP contribution in [0.3, 0.4) is 0 Å². The molecular weight excluding hydrogens is 325 g/mol. The van der Waals surface area contributed by atoms with Crippen molar-refractivity contribution in [3.63, 3.8) is 0 Å². The summed E-state index contributed by atoms with van der Waals surface area (Å²) in [5.74, 6) is 0. The van der Waals surface area contributed by atoms with Crippen molar-refractivity contribution in [2.75, 3.05) is 0 Å². The normalized spacial score (nSPS) is 16.1. The Labute approximate surface area is 99.4 Å². The molecule has 0 rings (SSSR count). The molecule has 1 atom stereocenters. The first-order valence-corrected chi connectivity index (χ1v) is 9.16. The molecule has 0 aromatic carbocycles. The summed E-state index contributed by atoms with van der Waals surface area (Å²) in [5, 5.41) is 0. The molecule has 106 valence electrons. The van der Waals surface area contributed by atoms with Gasteiger partial charge in [-0.1, -0.05) is 0 Å². The number of phosphoric acid groups is 2. The van der Waals surface area contributed by atoms with Crippen LogP contribution in [0.25, 0.3) is 0 Å². The zero-order valence-corrected chi connectivity index (χ0v) is 11.8. The molecule has 11 nitrogen and oxygen atoms in total. The van der Waals surface area contributed by atoms with E-state index in [0.29, 0.717) is 0 Å². The van der Waals surface area contributed by atoms with Crippen molar-refractivity contribution < 1.29 is 63.4 Å². The van der Waals surface area contributed by atoms with Crippen molar-refractivity contribution in [3.05, 3.63) is 0 Å². The zero-order chi connectivity index (χ0) is 14.5. The van der Waals surface area contributed by atoms with Gasteiger partial charge in [0.05, 0.1) is 6.10 Å². The standard InChI is InChI=1S/C3H10O7P2.3H2O.O.V/c1-3(2)9-12(7,8)10-11(4,5)6;;;;;/h3H,1-2H3,(H,7,8)(H2,4,5,6);3*1H2;;/q;;;;;+3/p-3. The third kappa shape index (κ3) is 26.2. The van der Waals surface area contributed by atoms with Crippen LogP contribution in [0.1, 0.15) is 13.8 Å². The summed E-state index contributed by atoms with van der Waals surface area (Å²) in [5.41, 5.74) is 0. The number of hydrogen-bond donors (Lipinski definition) is 6. The summed E-state index contributed by atoms with van der Waals surface area (Å²) in [6.45, 7) is 2.85. The van der Waals surface area contributed by atoms with Crippen LogP contribution >= 0.6 is 15.6 Å². The minimum atomic E-state index is -5.12. The van der Waals surface area contributed by atoms with Crippen LogP contribution in [0, 0.1) is 0 Å². The van der Waals surface area contributed by atoms with E-state index in [1.165, 1.54) is 13.8 Å². The molecule has 0 aliphatic carbocycles. The molecule has 1 unspecified atom stereocenters. The van der Waals surface area contributed by atoms with Crippen LogP contribution in [0.15, 0.2) is 0 Å². The molecule has 0 amide bonds. The van der Waals surface area contributed by atoms with Gasteiger partial charge < -0.3 is 14.7 Å². The monoisotopic (exact) mass is 338 g/mol. The van der Waals surface area contributed by atoms with Gasteiger partial charge in [-0.2, -0.15) is 4.31 Å². The molecule has 0 radical (unpaired) electrons. The van der Waals surface area contributed by atoms with E-state index in [1.807, 2.05) is 0 Å². The second-order valence-corrected chi connectivity index (χ2v) is 7.09. The predicted octanol–water partition coefficient (Wildman–Crippen LogP) is -1.17. The Bertz CT molecular complexity index is 343. The van der Waals surface area contributed by atoms with E-state index in [0.717, 1.165) is 0 Å². The molecule has 0 heterocycles. The van der Waals surface area contributed by atoms with Crippen molar-refractivity contribution in [2.45, 2.75) is 20.0 Å². The first-order valence-electron chi connectivity index (χ1n) is 3.69. The number of hydrogen-bond acceptors (Lipinski definition) is 5. The van der Waals surface area contributed by atoms with E-state index in [2.05, 4.69) is 8.83 Å². The molecular formula is C3H13O11P2V. The Morgan fingerprint density at radius 3 is 1.53 bits per heavy atom. The summed E-state index contributed by atoms with van der Waals surface area (Å²) in [4.78, 5) is 24.9. The summed E-state index contributed by atoms with van der Waals surface area (Å²) < 4.78 is 59.1. The quantitative estimate of drug-likeness (QED) is 0.338. The Kier molecular flexibility index (Phi) is 8.40. The first kappa shape index (κ1) is 19.9. The maximum atomic E-state index is 10.7. The molecule has 17 heavy (non-hydrogen) atoms. The van der Waals surface area contributed by atoms with E-state index in [-0.39, 0.29) is 0 Å². The molecule has 14 heteroatoms. The van der Waals surface area contributed by atoms with Gasteiger partial charge in [0.15, 0.2) is 0 Å². The summed E-state index contributed by atoms with van der Waals surface area (Å²) in [7, 11) is -9.61. The van der Waals surface area contributed by atoms with Gasteiger partial charge >= 0.3 is 46.4 Å². The molecule has 0 saturated heterocycles. The van der Waals surface area contributed by atoms with Crippen LogP contribution in [0.2, 0.25) is 0 Å². The number of rotatable bonds is 4. The van der Waals surface area contributed by atoms with Crippen molar-refractivity contribution in [3.8, 4) is 0 Å². The third-order valence-electron chi connectivity index (χ3n) is 0.554. The van der Waals surface area contributed by atoms with Crippen LogP contribution in [-0.2, 0) is 36.7 Å². The van der Waals surface area contributed by atoms with E-state index in [9.17, 15) is 9.13 Å². The Morgan fingerprint density at radius 1 is 1.06 bits per heavy atom. The van der Waals surface area contributed by atoms with Crippen molar-refractivity contribution in [1.29, 1.82) is 0 Å². The molecule has 0 saturated carbocycles. The summed E-state index contributed by atoms with van der Waals surface area (Å²) in [6.07, 6.45) is -0.660. The Morgan fingerprint density at radius 2 is 1.35 bits per heavy atom. The van der Waals surface area contributed by atoms with E-state index >= 15 is 0 Å². The molecule has 6 N–H and O–H groups in total. The van der Waals surface area contributed by atoms with Crippen molar-refractivity contribution >= 4 is 15.6 Å². The van der Waals surface area contributed by atoms with Gasteiger partial charge in [0, 0.05) is 0 Å². The Balaban J connectivity index is 0. The summed E-state index contributed by atoms with van der Waals surface area (Å²) in [6, 6.07) is 0. The fourth-order valence-electron chi connectivity index (χ4n) is 0.420. The van der Waals surface area contributed by atoms with Gasteiger partial charge in [0.25, 0.3) is 0 Å². The van der Waals surface area contributed by atoms with Gasteiger partial charge in [-0.15, -0.1) is 0 Å². The molecule has 0 spiro atoms. The van der Waals surface area contributed by atoms with Crippen LogP contribution < -0.4 is 0 Å². The fraction of sp³-hybridized carbons (Fsp3) is 1.00. The number of phosphoric ester groups is 1. The van der Waals surface area contributed by atoms with Gasteiger partial charge in [-0.05, 0) is 13.8 Å². The molecule has 0 fully saturated rings. The fourth-order valence-corrected chi connectivity index (χ4v) is 2.18. The zero-order valence-electron chi connectivity index (χ0n) is 8.64. The second-order valence-electron chi connectivity index (χ2n) is 2.71. The van der Waals surface area contributed by atoms with E-state index in [4.69, 9.17) is 30.4 Å². The van der Waals surface area contributed by atoms with Crippen LogP contribution in [0.5, 0.6) is 0 Å².